The number of rotatable bonds is 2. The van der Waals surface area contributed by atoms with E-state index in [1.807, 2.05) is 0 Å². The van der Waals surface area contributed by atoms with Gasteiger partial charge in [-0.15, -0.1) is 0 Å². The average Bonchev–Trinajstić information content (AvgIpc) is 1.62. The zero-order valence-corrected chi connectivity index (χ0v) is 9.22. The molecule has 2 unspecified atom stereocenters. The van der Waals surface area contributed by atoms with Crippen molar-refractivity contribution in [1.82, 2.24) is 0 Å². The molecule has 0 rings (SSSR count). The van der Waals surface area contributed by atoms with E-state index < -0.39 is 20.9 Å². The van der Waals surface area contributed by atoms with Crippen molar-refractivity contribution in [3.05, 3.63) is 0 Å². The van der Waals surface area contributed by atoms with Crippen molar-refractivity contribution in [2.75, 3.05) is 0 Å². The fraction of sp³-hybridized carbons (Fsp3) is 1.00. The van der Waals surface area contributed by atoms with E-state index in [2.05, 4.69) is 0 Å². The van der Waals surface area contributed by atoms with Crippen LogP contribution in [0.4, 0.5) is 0 Å². The Kier molecular flexibility index (Phi) is 6.76. The van der Waals surface area contributed by atoms with Crippen LogP contribution in [0.2, 0.25) is 0 Å². The molecule has 58 valence electrons. The van der Waals surface area contributed by atoms with Crippen molar-refractivity contribution >= 4 is 21.7 Å². The molecule has 0 bridgehead atoms. The van der Waals surface area contributed by atoms with Gasteiger partial charge in [-0.05, 0) is 6.92 Å². The van der Waals surface area contributed by atoms with Crippen LogP contribution in [-0.4, -0.2) is 28.9 Å². The van der Waals surface area contributed by atoms with E-state index in [4.69, 9.17) is 21.3 Å². The first-order valence-corrected chi connectivity index (χ1v) is 4.08. The Labute approximate surface area is 88.1 Å². The normalized spacial score (nSPS) is 17.2. The zero-order valence-electron chi connectivity index (χ0n) is 6.65. The quantitative estimate of drug-likeness (QED) is 0.281. The second kappa shape index (κ2) is 4.92. The first kappa shape index (κ1) is 13.7. The van der Waals surface area contributed by atoms with Crippen LogP contribution in [0.5, 0.6) is 0 Å². The van der Waals surface area contributed by atoms with Crippen LogP contribution in [0.3, 0.4) is 0 Å². The Hall–Kier alpha value is 1.16. The monoisotopic (exact) mass is 198 g/mol. The van der Waals surface area contributed by atoms with Crippen molar-refractivity contribution in [2.45, 2.75) is 17.7 Å². The summed E-state index contributed by atoms with van der Waals surface area (Å²) in [5, 5.41) is 8.49. The predicted molar refractivity (Wildman–Crippen MR) is 34.0 cm³/mol. The van der Waals surface area contributed by atoms with Crippen molar-refractivity contribution in [3.63, 3.8) is 0 Å². The number of hydrogen-bond donors (Lipinski definition) is 2. The Balaban J connectivity index is -0.000000320. The molecule has 0 aromatic heterocycles. The number of halogens is 1. The van der Waals surface area contributed by atoms with E-state index in [0.29, 0.717) is 0 Å². The molecule has 0 fully saturated rings. The third-order valence-electron chi connectivity index (χ3n) is 0.664. The Morgan fingerprint density at radius 1 is 1.60 bits per heavy atom. The largest absolute Gasteiger partial charge is 1.00 e. The van der Waals surface area contributed by atoms with Gasteiger partial charge in [-0.2, -0.15) is 8.42 Å². The van der Waals surface area contributed by atoms with Gasteiger partial charge < -0.3 is 6.53 Å². The van der Waals surface area contributed by atoms with Crippen molar-refractivity contribution in [1.29, 1.82) is 0 Å². The average molecular weight is 199 g/mol. The van der Waals surface area contributed by atoms with Gasteiger partial charge in [-0.3, -0.25) is 4.55 Å². The second-order valence-electron chi connectivity index (χ2n) is 1.61. The van der Waals surface area contributed by atoms with Gasteiger partial charge in [0.25, 0.3) is 10.1 Å². The number of hydrogen-bond acceptors (Lipinski definition) is 3. The summed E-state index contributed by atoms with van der Waals surface area (Å²) in [4.78, 5) is 0. The third-order valence-corrected chi connectivity index (χ3v) is 2.67. The molecule has 7 heteroatoms. The van der Waals surface area contributed by atoms with Gasteiger partial charge in [0, 0.05) is 0 Å². The van der Waals surface area contributed by atoms with Crippen LogP contribution < -0.4 is 29.6 Å². The van der Waals surface area contributed by atoms with Crippen LogP contribution in [0.1, 0.15) is 8.35 Å². The van der Waals surface area contributed by atoms with Crippen LogP contribution in [0, 0.1) is 0 Å². The number of aliphatic hydroxyl groups excluding tert-OH is 1. The second-order valence-corrected chi connectivity index (χ2v) is 3.87. The standard InChI is InChI=1S/C3H7ClO4S.Na.H/c1-2(5)3(4)9(6,7)8;;/h2-3,5H,1H3,(H,6,7,8);;/q;+1;-1. The number of aliphatic hydroxyl groups is 1. The van der Waals surface area contributed by atoms with Crippen LogP contribution in [0.25, 0.3) is 0 Å². The molecule has 0 saturated carbocycles. The summed E-state index contributed by atoms with van der Waals surface area (Å²) in [6, 6.07) is 0. The molecule has 2 atom stereocenters. The molecule has 0 aliphatic carbocycles. The third kappa shape index (κ3) is 4.90. The zero-order chi connectivity index (χ0) is 7.65. The maximum Gasteiger partial charge on any atom is 1.00 e. The molecule has 0 aliphatic rings. The summed E-state index contributed by atoms with van der Waals surface area (Å²) in [7, 11) is -4.29. The molecular formula is C3H8ClNaO4S. The topological polar surface area (TPSA) is 74.6 Å². The van der Waals surface area contributed by atoms with Crippen molar-refractivity contribution in [3.8, 4) is 0 Å². The molecule has 0 amide bonds. The summed E-state index contributed by atoms with van der Waals surface area (Å²) in [6.07, 6.45) is -1.26. The maximum absolute atomic E-state index is 10.0. The Morgan fingerprint density at radius 2 is 1.90 bits per heavy atom. The minimum atomic E-state index is -4.29. The number of alkyl halides is 1. The molecule has 0 aliphatic heterocycles. The molecule has 4 nitrogen and oxygen atoms in total. The van der Waals surface area contributed by atoms with E-state index in [9.17, 15) is 8.42 Å². The van der Waals surface area contributed by atoms with E-state index >= 15 is 0 Å². The SMILES string of the molecule is CC(O)C(Cl)S(=O)(=O)O.[H-].[Na+]. The Bertz CT molecular complexity index is 182. The fourth-order valence-electron chi connectivity index (χ4n) is 0.249. The van der Waals surface area contributed by atoms with Crippen molar-refractivity contribution < 1.29 is 49.1 Å². The van der Waals surface area contributed by atoms with E-state index in [-0.39, 0.29) is 31.0 Å². The summed E-state index contributed by atoms with van der Waals surface area (Å²) < 4.78 is 26.6. The maximum atomic E-state index is 10.0. The van der Waals surface area contributed by atoms with Gasteiger partial charge in [-0.1, -0.05) is 11.6 Å². The van der Waals surface area contributed by atoms with E-state index in [0.717, 1.165) is 0 Å². The first-order chi connectivity index (χ1) is 3.85. The molecule has 0 heterocycles. The first-order valence-electron chi connectivity index (χ1n) is 2.14. The molecule has 0 saturated heterocycles. The smallest absolute Gasteiger partial charge is 1.00 e. The molecule has 0 aromatic carbocycles. The van der Waals surface area contributed by atoms with Gasteiger partial charge in [0.15, 0.2) is 4.71 Å². The summed E-state index contributed by atoms with van der Waals surface area (Å²) in [5.74, 6) is 0. The van der Waals surface area contributed by atoms with Crippen LogP contribution in [0.15, 0.2) is 0 Å². The van der Waals surface area contributed by atoms with Crippen LogP contribution >= 0.6 is 11.6 Å². The summed E-state index contributed by atoms with van der Waals surface area (Å²) in [5.41, 5.74) is 0. The van der Waals surface area contributed by atoms with E-state index in [1.165, 1.54) is 6.92 Å². The molecular weight excluding hydrogens is 191 g/mol. The molecule has 2 N–H and O–H groups in total. The Morgan fingerprint density at radius 3 is 1.90 bits per heavy atom. The minimum absolute atomic E-state index is 0. The van der Waals surface area contributed by atoms with Gasteiger partial charge in [0.05, 0.1) is 6.10 Å². The molecule has 0 spiro atoms. The van der Waals surface area contributed by atoms with Gasteiger partial charge in [0.2, 0.25) is 0 Å². The van der Waals surface area contributed by atoms with Gasteiger partial charge in [-0.25, -0.2) is 0 Å². The summed E-state index contributed by atoms with van der Waals surface area (Å²) in [6.45, 7) is 1.17. The molecule has 0 aromatic rings. The molecule has 0 radical (unpaired) electrons. The van der Waals surface area contributed by atoms with Gasteiger partial charge >= 0.3 is 29.6 Å². The van der Waals surface area contributed by atoms with Crippen LogP contribution in [-0.2, 0) is 10.1 Å². The fourth-order valence-corrected chi connectivity index (χ4v) is 0.747. The van der Waals surface area contributed by atoms with Crippen molar-refractivity contribution in [2.24, 2.45) is 0 Å². The molecule has 10 heavy (non-hydrogen) atoms. The minimum Gasteiger partial charge on any atom is -1.00 e. The predicted octanol–water partition coefficient (Wildman–Crippen LogP) is -3.06. The van der Waals surface area contributed by atoms with Gasteiger partial charge in [0.1, 0.15) is 0 Å². The summed E-state index contributed by atoms with van der Waals surface area (Å²) >= 11 is 5.00. The van der Waals surface area contributed by atoms with E-state index in [1.54, 1.807) is 0 Å².